The maximum atomic E-state index is 5.66. The fraction of sp³-hybridized carbons (Fsp3) is 0.300. The van der Waals surface area contributed by atoms with Gasteiger partial charge in [-0.1, -0.05) is 0 Å². The van der Waals surface area contributed by atoms with Gasteiger partial charge in [0.05, 0.1) is 5.69 Å². The van der Waals surface area contributed by atoms with Crippen molar-refractivity contribution in [1.29, 1.82) is 0 Å². The van der Waals surface area contributed by atoms with E-state index in [0.29, 0.717) is 11.8 Å². The van der Waals surface area contributed by atoms with Gasteiger partial charge >= 0.3 is 0 Å². The van der Waals surface area contributed by atoms with Gasteiger partial charge in [0.2, 0.25) is 0 Å². The fourth-order valence-electron chi connectivity index (χ4n) is 1.50. The van der Waals surface area contributed by atoms with Gasteiger partial charge in [-0.05, 0) is 26.8 Å². The third-order valence-electron chi connectivity index (χ3n) is 2.06. The highest BCUT2D eigenvalue weighted by molar-refractivity contribution is 5.33. The van der Waals surface area contributed by atoms with E-state index < -0.39 is 0 Å². The Labute approximate surface area is 88.0 Å². The molecular weight excluding hydrogens is 190 g/mol. The lowest BCUT2D eigenvalue weighted by atomic mass is 10.4. The maximum absolute atomic E-state index is 5.66. The molecule has 0 aromatic carbocycles. The molecule has 0 aliphatic rings. The fourth-order valence-corrected chi connectivity index (χ4v) is 1.50. The molecule has 0 unspecified atom stereocenters. The number of anilines is 1. The van der Waals surface area contributed by atoms with Crippen LogP contribution >= 0.6 is 0 Å². The van der Waals surface area contributed by atoms with Crippen molar-refractivity contribution in [1.82, 2.24) is 19.7 Å². The number of nitrogen functional groups attached to an aromatic ring is 1. The van der Waals surface area contributed by atoms with Gasteiger partial charge in [0.1, 0.15) is 5.82 Å². The number of nitrogens with zero attached hydrogens (tertiary/aromatic N) is 4. The first-order valence-electron chi connectivity index (χ1n) is 4.71. The first-order valence-corrected chi connectivity index (χ1v) is 4.71. The van der Waals surface area contributed by atoms with Crippen LogP contribution in [0.15, 0.2) is 12.1 Å². The zero-order valence-corrected chi connectivity index (χ0v) is 9.02. The lowest BCUT2D eigenvalue weighted by Crippen LogP contribution is -2.07. The van der Waals surface area contributed by atoms with Gasteiger partial charge in [0.25, 0.3) is 5.95 Å². The van der Waals surface area contributed by atoms with Crippen LogP contribution in [0.4, 0.5) is 5.82 Å². The van der Waals surface area contributed by atoms with E-state index in [1.165, 1.54) is 0 Å². The Kier molecular flexibility index (Phi) is 2.15. The minimum Gasteiger partial charge on any atom is -0.384 e. The number of aryl methyl sites for hydroxylation is 3. The van der Waals surface area contributed by atoms with Crippen molar-refractivity contribution in [3.8, 4) is 5.95 Å². The van der Waals surface area contributed by atoms with E-state index >= 15 is 0 Å². The van der Waals surface area contributed by atoms with Crippen LogP contribution in [0.25, 0.3) is 5.95 Å². The van der Waals surface area contributed by atoms with Gasteiger partial charge in [-0.15, -0.1) is 0 Å². The van der Waals surface area contributed by atoms with Crippen molar-refractivity contribution in [3.63, 3.8) is 0 Å². The van der Waals surface area contributed by atoms with Crippen LogP contribution in [0.1, 0.15) is 17.1 Å². The molecule has 0 saturated carbocycles. The van der Waals surface area contributed by atoms with E-state index in [0.717, 1.165) is 17.1 Å². The van der Waals surface area contributed by atoms with Gasteiger partial charge in [0.15, 0.2) is 0 Å². The first-order chi connectivity index (χ1) is 7.06. The summed E-state index contributed by atoms with van der Waals surface area (Å²) in [4.78, 5) is 8.43. The zero-order valence-electron chi connectivity index (χ0n) is 9.02. The smallest absolute Gasteiger partial charge is 0.252 e. The summed E-state index contributed by atoms with van der Waals surface area (Å²) in [7, 11) is 0. The highest BCUT2D eigenvalue weighted by Crippen LogP contribution is 2.10. The Morgan fingerprint density at radius 2 is 1.80 bits per heavy atom. The molecule has 5 heteroatoms. The lowest BCUT2D eigenvalue weighted by molar-refractivity contribution is 0.770. The molecule has 0 aliphatic carbocycles. The molecule has 0 radical (unpaired) electrons. The van der Waals surface area contributed by atoms with E-state index in [-0.39, 0.29) is 0 Å². The van der Waals surface area contributed by atoms with Crippen molar-refractivity contribution in [2.24, 2.45) is 0 Å². The summed E-state index contributed by atoms with van der Waals surface area (Å²) in [5.41, 5.74) is 8.44. The predicted octanol–water partition coefficient (Wildman–Crippen LogP) is 1.17. The molecule has 0 bridgehead atoms. The first kappa shape index (κ1) is 9.64. The van der Waals surface area contributed by atoms with Gasteiger partial charge in [0, 0.05) is 17.5 Å². The van der Waals surface area contributed by atoms with Crippen LogP contribution in [0.3, 0.4) is 0 Å². The molecule has 15 heavy (non-hydrogen) atoms. The van der Waals surface area contributed by atoms with Crippen molar-refractivity contribution >= 4 is 5.82 Å². The molecule has 0 spiro atoms. The second kappa shape index (κ2) is 3.34. The Balaban J connectivity index is 2.58. The summed E-state index contributed by atoms with van der Waals surface area (Å²) in [6.07, 6.45) is 0. The molecule has 2 heterocycles. The van der Waals surface area contributed by atoms with E-state index in [4.69, 9.17) is 5.73 Å². The second-order valence-corrected chi connectivity index (χ2v) is 3.57. The van der Waals surface area contributed by atoms with Gasteiger partial charge in [-0.2, -0.15) is 10.1 Å². The van der Waals surface area contributed by atoms with E-state index in [9.17, 15) is 0 Å². The molecular formula is C10H13N5. The molecule has 2 aromatic heterocycles. The van der Waals surface area contributed by atoms with Gasteiger partial charge < -0.3 is 5.73 Å². The van der Waals surface area contributed by atoms with Crippen LogP contribution in [0.5, 0.6) is 0 Å². The topological polar surface area (TPSA) is 69.6 Å². The SMILES string of the molecule is Cc1cc(N)nc(-n2nc(C)cc2C)n1. The number of hydrogen-bond donors (Lipinski definition) is 1. The Morgan fingerprint density at radius 3 is 2.33 bits per heavy atom. The molecule has 5 nitrogen and oxygen atoms in total. The highest BCUT2D eigenvalue weighted by atomic mass is 15.4. The summed E-state index contributed by atoms with van der Waals surface area (Å²) in [6, 6.07) is 3.71. The van der Waals surface area contributed by atoms with Crippen LogP contribution in [-0.4, -0.2) is 19.7 Å². The van der Waals surface area contributed by atoms with Crippen molar-refractivity contribution in [2.75, 3.05) is 5.73 Å². The third kappa shape index (κ3) is 1.81. The van der Waals surface area contributed by atoms with Gasteiger partial charge in [-0.3, -0.25) is 0 Å². The van der Waals surface area contributed by atoms with Crippen LogP contribution < -0.4 is 5.73 Å². The number of nitrogens with two attached hydrogens (primary N) is 1. The third-order valence-corrected chi connectivity index (χ3v) is 2.06. The summed E-state index contributed by atoms with van der Waals surface area (Å²) in [5, 5.41) is 4.30. The Bertz CT molecular complexity index is 480. The zero-order chi connectivity index (χ0) is 11.0. The van der Waals surface area contributed by atoms with Crippen molar-refractivity contribution < 1.29 is 0 Å². The average Bonchev–Trinajstić information content (AvgIpc) is 2.43. The highest BCUT2D eigenvalue weighted by Gasteiger charge is 2.07. The molecule has 0 atom stereocenters. The second-order valence-electron chi connectivity index (χ2n) is 3.57. The minimum absolute atomic E-state index is 0.463. The molecule has 0 saturated heterocycles. The summed E-state index contributed by atoms with van der Waals surface area (Å²) >= 11 is 0. The van der Waals surface area contributed by atoms with E-state index in [2.05, 4.69) is 15.1 Å². The lowest BCUT2D eigenvalue weighted by Gasteiger charge is -2.04. The maximum Gasteiger partial charge on any atom is 0.252 e. The quantitative estimate of drug-likeness (QED) is 0.755. The largest absolute Gasteiger partial charge is 0.384 e. The summed E-state index contributed by atoms with van der Waals surface area (Å²) < 4.78 is 1.69. The standard InChI is InChI=1S/C10H13N5/c1-6-5-9(11)13-10(12-6)15-8(3)4-7(2)14-15/h4-5H,1-3H3,(H2,11,12,13). The number of aromatic nitrogens is 4. The number of hydrogen-bond acceptors (Lipinski definition) is 4. The van der Waals surface area contributed by atoms with Gasteiger partial charge in [-0.25, -0.2) is 9.67 Å². The van der Waals surface area contributed by atoms with Crippen LogP contribution in [0, 0.1) is 20.8 Å². The van der Waals surface area contributed by atoms with Crippen molar-refractivity contribution in [2.45, 2.75) is 20.8 Å². The average molecular weight is 203 g/mol. The molecule has 0 fully saturated rings. The monoisotopic (exact) mass is 203 g/mol. The molecule has 2 N–H and O–H groups in total. The predicted molar refractivity (Wildman–Crippen MR) is 57.8 cm³/mol. The Hall–Kier alpha value is -1.91. The van der Waals surface area contributed by atoms with E-state index in [1.807, 2.05) is 26.8 Å². The molecule has 0 aliphatic heterocycles. The van der Waals surface area contributed by atoms with Crippen LogP contribution in [0.2, 0.25) is 0 Å². The van der Waals surface area contributed by atoms with Crippen LogP contribution in [-0.2, 0) is 0 Å². The molecule has 2 aromatic rings. The normalized spacial score (nSPS) is 10.6. The van der Waals surface area contributed by atoms with E-state index in [1.54, 1.807) is 10.7 Å². The number of rotatable bonds is 1. The van der Waals surface area contributed by atoms with Crippen molar-refractivity contribution in [3.05, 3.63) is 29.2 Å². The molecule has 2 rings (SSSR count). The summed E-state index contributed by atoms with van der Waals surface area (Å²) in [6.45, 7) is 5.78. The Morgan fingerprint density at radius 1 is 1.07 bits per heavy atom. The minimum atomic E-state index is 0.463. The molecule has 78 valence electrons. The molecule has 0 amide bonds. The summed E-state index contributed by atoms with van der Waals surface area (Å²) in [5.74, 6) is 0.989.